The lowest BCUT2D eigenvalue weighted by Gasteiger charge is -2.25. The zero-order valence-electron chi connectivity index (χ0n) is 23.9. The second kappa shape index (κ2) is 19.4. The summed E-state index contributed by atoms with van der Waals surface area (Å²) < 4.78 is 25.7. The number of hydrogen-bond acceptors (Lipinski definition) is 11. The standard InChI is InChI=1S/C28H40N2O10S/c1-20(2)24(32)36-14-12-29-26(34)38-17-22(40-27(35)30-13-15-37-25(33)21(3)4)18-41-16-9-23(31)39-19-28(5)10-7-6-8-11-28/h6-8,10,22H,1,3,9,11-19H2,2,4-5H3,(H,29,34)(H,30,35). The van der Waals surface area contributed by atoms with Crippen LogP contribution in [0.5, 0.6) is 0 Å². The second-order valence-electron chi connectivity index (χ2n) is 9.44. The summed E-state index contributed by atoms with van der Waals surface area (Å²) in [4.78, 5) is 59.2. The Bertz CT molecular complexity index is 1010. The fraction of sp³-hybridized carbons (Fsp3) is 0.536. The van der Waals surface area contributed by atoms with Crippen LogP contribution in [-0.2, 0) is 38.1 Å². The van der Waals surface area contributed by atoms with E-state index in [1.807, 2.05) is 31.2 Å². The van der Waals surface area contributed by atoms with E-state index in [-0.39, 0.29) is 74.2 Å². The van der Waals surface area contributed by atoms with E-state index in [4.69, 9.17) is 23.7 Å². The Morgan fingerprint density at radius 3 is 2.07 bits per heavy atom. The summed E-state index contributed by atoms with van der Waals surface area (Å²) in [7, 11) is 0. The molecule has 0 heterocycles. The lowest BCUT2D eigenvalue weighted by molar-refractivity contribution is -0.145. The predicted molar refractivity (Wildman–Crippen MR) is 153 cm³/mol. The van der Waals surface area contributed by atoms with Gasteiger partial charge in [0, 0.05) is 28.1 Å². The van der Waals surface area contributed by atoms with Gasteiger partial charge in [0.05, 0.1) is 19.5 Å². The summed E-state index contributed by atoms with van der Waals surface area (Å²) in [5, 5.41) is 4.86. The van der Waals surface area contributed by atoms with Gasteiger partial charge in [0.25, 0.3) is 0 Å². The van der Waals surface area contributed by atoms with Gasteiger partial charge >= 0.3 is 30.1 Å². The van der Waals surface area contributed by atoms with Gasteiger partial charge in [-0.2, -0.15) is 11.8 Å². The van der Waals surface area contributed by atoms with Crippen LogP contribution < -0.4 is 10.6 Å². The van der Waals surface area contributed by atoms with Crippen molar-refractivity contribution in [3.8, 4) is 0 Å². The number of carbonyl (C=O) groups excluding carboxylic acids is 5. The van der Waals surface area contributed by atoms with Crippen LogP contribution >= 0.6 is 11.8 Å². The molecule has 0 bridgehead atoms. The molecule has 2 amide bonds. The van der Waals surface area contributed by atoms with E-state index < -0.39 is 30.2 Å². The number of allylic oxidation sites excluding steroid dienone is 3. The minimum absolute atomic E-state index is 0.00228. The number of rotatable bonds is 18. The molecule has 41 heavy (non-hydrogen) atoms. The van der Waals surface area contributed by atoms with Crippen LogP contribution in [-0.4, -0.2) is 87.2 Å². The maximum Gasteiger partial charge on any atom is 0.407 e. The fourth-order valence-corrected chi connectivity index (χ4v) is 3.84. The van der Waals surface area contributed by atoms with Crippen molar-refractivity contribution < 1.29 is 47.7 Å². The van der Waals surface area contributed by atoms with Gasteiger partial charge in [-0.25, -0.2) is 19.2 Å². The van der Waals surface area contributed by atoms with Gasteiger partial charge in [0.2, 0.25) is 0 Å². The van der Waals surface area contributed by atoms with Crippen LogP contribution in [0.25, 0.3) is 0 Å². The molecule has 13 heteroatoms. The van der Waals surface area contributed by atoms with Crippen LogP contribution in [0, 0.1) is 5.41 Å². The lowest BCUT2D eigenvalue weighted by atomic mass is 9.85. The molecule has 0 spiro atoms. The quantitative estimate of drug-likeness (QED) is 0.104. The van der Waals surface area contributed by atoms with E-state index in [1.165, 1.54) is 25.6 Å². The van der Waals surface area contributed by atoms with Crippen molar-refractivity contribution in [2.24, 2.45) is 5.41 Å². The minimum Gasteiger partial charge on any atom is -0.465 e. The van der Waals surface area contributed by atoms with Gasteiger partial charge in [-0.05, 0) is 20.3 Å². The number of ether oxygens (including phenoxy) is 5. The number of carbonyl (C=O) groups is 5. The van der Waals surface area contributed by atoms with Gasteiger partial charge in [0.15, 0.2) is 0 Å². The third-order valence-corrected chi connectivity index (χ3v) is 6.33. The Hall–Kier alpha value is -3.74. The normalized spacial score (nSPS) is 16.1. The van der Waals surface area contributed by atoms with E-state index in [2.05, 4.69) is 23.8 Å². The summed E-state index contributed by atoms with van der Waals surface area (Å²) in [5.41, 5.74) is 0.241. The number of esters is 3. The summed E-state index contributed by atoms with van der Waals surface area (Å²) in [5.74, 6) is -0.886. The van der Waals surface area contributed by atoms with Crippen LogP contribution in [0.2, 0.25) is 0 Å². The Morgan fingerprint density at radius 1 is 0.902 bits per heavy atom. The van der Waals surface area contributed by atoms with E-state index >= 15 is 0 Å². The molecule has 0 aromatic rings. The predicted octanol–water partition coefficient (Wildman–Crippen LogP) is 3.23. The SMILES string of the molecule is C=C(C)C(=O)OCCNC(=O)OCC(CSCCC(=O)OCC1(C)C=CC=CC1)OC(=O)NCCOC(=O)C(=C)C. The van der Waals surface area contributed by atoms with Gasteiger partial charge in [-0.1, -0.05) is 44.4 Å². The highest BCUT2D eigenvalue weighted by Gasteiger charge is 2.23. The first kappa shape index (κ1) is 35.3. The van der Waals surface area contributed by atoms with Gasteiger partial charge in [0.1, 0.15) is 32.5 Å². The first-order valence-corrected chi connectivity index (χ1v) is 14.2. The van der Waals surface area contributed by atoms with Gasteiger partial charge < -0.3 is 34.3 Å². The third-order valence-electron chi connectivity index (χ3n) is 5.23. The highest BCUT2D eigenvalue weighted by Crippen LogP contribution is 2.27. The lowest BCUT2D eigenvalue weighted by Crippen LogP contribution is -2.37. The molecular weight excluding hydrogens is 556 g/mol. The molecule has 0 saturated carbocycles. The number of hydrogen-bond donors (Lipinski definition) is 2. The zero-order chi connectivity index (χ0) is 30.7. The molecule has 1 rings (SSSR count). The zero-order valence-corrected chi connectivity index (χ0v) is 24.7. The van der Waals surface area contributed by atoms with Crippen molar-refractivity contribution >= 4 is 41.9 Å². The van der Waals surface area contributed by atoms with E-state index in [0.29, 0.717) is 5.75 Å². The van der Waals surface area contributed by atoms with Gasteiger partial charge in [-0.15, -0.1) is 0 Å². The molecule has 228 valence electrons. The van der Waals surface area contributed by atoms with Crippen LogP contribution in [0.3, 0.4) is 0 Å². The molecule has 2 atom stereocenters. The highest BCUT2D eigenvalue weighted by atomic mass is 32.2. The number of amides is 2. The fourth-order valence-electron chi connectivity index (χ4n) is 2.94. The summed E-state index contributed by atoms with van der Waals surface area (Å²) >= 11 is 1.32. The first-order valence-electron chi connectivity index (χ1n) is 13.0. The smallest absolute Gasteiger partial charge is 0.407 e. The molecule has 2 unspecified atom stereocenters. The number of thioether (sulfide) groups is 1. The van der Waals surface area contributed by atoms with Crippen LogP contribution in [0.4, 0.5) is 9.59 Å². The Morgan fingerprint density at radius 2 is 1.51 bits per heavy atom. The molecule has 12 nitrogen and oxygen atoms in total. The van der Waals surface area contributed by atoms with Gasteiger partial charge in [-0.3, -0.25) is 4.79 Å². The van der Waals surface area contributed by atoms with Crippen LogP contribution in [0.15, 0.2) is 48.6 Å². The van der Waals surface area contributed by atoms with Crippen LogP contribution in [0.1, 0.15) is 33.6 Å². The molecule has 0 aromatic carbocycles. The van der Waals surface area contributed by atoms with E-state index in [0.717, 1.165) is 6.42 Å². The number of alkyl carbamates (subject to hydrolysis) is 2. The third kappa shape index (κ3) is 16.8. The molecule has 1 aliphatic carbocycles. The highest BCUT2D eigenvalue weighted by molar-refractivity contribution is 7.99. The summed E-state index contributed by atoms with van der Waals surface area (Å²) in [6.07, 6.45) is 6.40. The molecular formula is C28H40N2O10S. The minimum atomic E-state index is -0.848. The second-order valence-corrected chi connectivity index (χ2v) is 10.6. The first-order chi connectivity index (χ1) is 19.4. The Kier molecular flexibility index (Phi) is 16.7. The maximum atomic E-state index is 12.2. The molecule has 0 aliphatic heterocycles. The maximum absolute atomic E-state index is 12.2. The van der Waals surface area contributed by atoms with E-state index in [1.54, 1.807) is 0 Å². The molecule has 0 fully saturated rings. The topological polar surface area (TPSA) is 156 Å². The average molecular weight is 597 g/mol. The summed E-state index contributed by atoms with van der Waals surface area (Å²) in [6, 6.07) is 0. The molecule has 2 N–H and O–H groups in total. The molecule has 0 saturated heterocycles. The van der Waals surface area contributed by atoms with Crippen molar-refractivity contribution in [2.75, 3.05) is 51.0 Å². The largest absolute Gasteiger partial charge is 0.465 e. The molecule has 1 aliphatic rings. The van der Waals surface area contributed by atoms with Crippen molar-refractivity contribution in [1.29, 1.82) is 0 Å². The average Bonchev–Trinajstić information content (AvgIpc) is 2.93. The van der Waals surface area contributed by atoms with Crippen molar-refractivity contribution in [3.05, 3.63) is 48.6 Å². The molecule has 0 radical (unpaired) electrons. The van der Waals surface area contributed by atoms with Crippen molar-refractivity contribution in [2.45, 2.75) is 39.7 Å². The van der Waals surface area contributed by atoms with E-state index in [9.17, 15) is 24.0 Å². The number of nitrogens with one attached hydrogen (secondary N) is 2. The monoisotopic (exact) mass is 596 g/mol. The van der Waals surface area contributed by atoms with Crippen molar-refractivity contribution in [1.82, 2.24) is 10.6 Å². The summed E-state index contributed by atoms with van der Waals surface area (Å²) in [6.45, 7) is 11.8. The Labute approximate surface area is 244 Å². The Balaban J connectivity index is 2.46. The van der Waals surface area contributed by atoms with Crippen molar-refractivity contribution in [3.63, 3.8) is 0 Å². The molecule has 0 aromatic heterocycles.